The molecule has 1 aromatic carbocycles. The summed E-state index contributed by atoms with van der Waals surface area (Å²) in [7, 11) is 3.80. The number of halogens is 1. The van der Waals surface area contributed by atoms with Crippen molar-refractivity contribution in [2.24, 2.45) is 5.73 Å². The molecule has 20 heavy (non-hydrogen) atoms. The van der Waals surface area contributed by atoms with Gasteiger partial charge in [-0.2, -0.15) is 0 Å². The summed E-state index contributed by atoms with van der Waals surface area (Å²) in [5.74, 6) is 0.756. The van der Waals surface area contributed by atoms with E-state index in [4.69, 9.17) is 10.5 Å². The lowest BCUT2D eigenvalue weighted by Gasteiger charge is -2.21. The highest BCUT2D eigenvalue weighted by atomic mass is 35.5. The van der Waals surface area contributed by atoms with E-state index in [0.29, 0.717) is 13.2 Å². The van der Waals surface area contributed by atoms with Crippen molar-refractivity contribution in [1.29, 1.82) is 0 Å². The molecule has 0 aromatic heterocycles. The van der Waals surface area contributed by atoms with Gasteiger partial charge in [0.25, 0.3) is 0 Å². The number of carbonyl (C=O) groups excluding carboxylic acids is 1. The molecule has 0 radical (unpaired) electrons. The zero-order valence-corrected chi connectivity index (χ0v) is 13.1. The fourth-order valence-corrected chi connectivity index (χ4v) is 1.82. The highest BCUT2D eigenvalue weighted by molar-refractivity contribution is 5.94. The molecule has 1 atom stereocenters. The summed E-state index contributed by atoms with van der Waals surface area (Å²) in [6.07, 6.45) is 0.774. The topological polar surface area (TPSA) is 67.6 Å². The summed E-state index contributed by atoms with van der Waals surface area (Å²) >= 11 is 0. The van der Waals surface area contributed by atoms with Crippen LogP contribution >= 0.6 is 12.4 Å². The van der Waals surface area contributed by atoms with Gasteiger partial charge in [-0.1, -0.05) is 6.92 Å². The Morgan fingerprint density at radius 2 is 1.95 bits per heavy atom. The van der Waals surface area contributed by atoms with Crippen LogP contribution in [0.5, 0.6) is 5.75 Å². The van der Waals surface area contributed by atoms with Crippen LogP contribution in [-0.2, 0) is 4.79 Å². The maximum Gasteiger partial charge on any atom is 0.241 e. The van der Waals surface area contributed by atoms with E-state index in [1.54, 1.807) is 0 Å². The van der Waals surface area contributed by atoms with E-state index in [9.17, 15) is 4.79 Å². The molecule has 0 saturated carbocycles. The predicted molar refractivity (Wildman–Crippen MR) is 84.6 cm³/mol. The van der Waals surface area contributed by atoms with Crippen molar-refractivity contribution in [3.8, 4) is 5.75 Å². The van der Waals surface area contributed by atoms with E-state index < -0.39 is 0 Å². The SMILES string of the molecule is CCC(C(=O)Nc1ccc(OCCN)cc1)N(C)C.Cl. The molecule has 0 aliphatic rings. The van der Waals surface area contributed by atoms with Crippen LogP contribution in [-0.4, -0.2) is 44.1 Å². The van der Waals surface area contributed by atoms with E-state index in [1.807, 2.05) is 50.2 Å². The van der Waals surface area contributed by atoms with Gasteiger partial charge in [0.15, 0.2) is 0 Å². The average Bonchev–Trinajstić information content (AvgIpc) is 2.38. The quantitative estimate of drug-likeness (QED) is 0.805. The maximum atomic E-state index is 12.0. The molecule has 1 aromatic rings. The molecule has 0 bridgehead atoms. The summed E-state index contributed by atoms with van der Waals surface area (Å²) in [6.45, 7) is 2.97. The molecular formula is C14H24ClN3O2. The Bertz CT molecular complexity index is 396. The first-order chi connectivity index (χ1) is 9.08. The number of amides is 1. The van der Waals surface area contributed by atoms with Crippen molar-refractivity contribution in [2.45, 2.75) is 19.4 Å². The Balaban J connectivity index is 0.00000361. The molecule has 0 aliphatic carbocycles. The number of hydrogen-bond acceptors (Lipinski definition) is 4. The van der Waals surface area contributed by atoms with Gasteiger partial charge in [0, 0.05) is 12.2 Å². The Morgan fingerprint density at radius 1 is 1.35 bits per heavy atom. The van der Waals surface area contributed by atoms with Crippen LogP contribution in [0.4, 0.5) is 5.69 Å². The lowest BCUT2D eigenvalue weighted by Crippen LogP contribution is -2.39. The largest absolute Gasteiger partial charge is 0.492 e. The van der Waals surface area contributed by atoms with Gasteiger partial charge < -0.3 is 15.8 Å². The summed E-state index contributed by atoms with van der Waals surface area (Å²) in [5.41, 5.74) is 6.13. The molecule has 0 saturated heterocycles. The highest BCUT2D eigenvalue weighted by Crippen LogP contribution is 2.16. The number of likely N-dealkylation sites (N-methyl/N-ethyl adjacent to an activating group) is 1. The number of hydrogen-bond donors (Lipinski definition) is 2. The molecule has 5 nitrogen and oxygen atoms in total. The molecular weight excluding hydrogens is 278 g/mol. The van der Waals surface area contributed by atoms with Crippen molar-refractivity contribution in [3.05, 3.63) is 24.3 Å². The third-order valence-corrected chi connectivity index (χ3v) is 2.82. The summed E-state index contributed by atoms with van der Waals surface area (Å²) in [4.78, 5) is 14.0. The van der Waals surface area contributed by atoms with Gasteiger partial charge in [-0.3, -0.25) is 9.69 Å². The van der Waals surface area contributed by atoms with Gasteiger partial charge in [0.2, 0.25) is 5.91 Å². The summed E-state index contributed by atoms with van der Waals surface area (Å²) in [5, 5.41) is 2.90. The molecule has 6 heteroatoms. The number of benzene rings is 1. The minimum atomic E-state index is -0.117. The first kappa shape index (κ1) is 18.7. The highest BCUT2D eigenvalue weighted by Gasteiger charge is 2.18. The lowest BCUT2D eigenvalue weighted by molar-refractivity contribution is -0.120. The number of carbonyl (C=O) groups is 1. The number of nitrogens with zero attached hydrogens (tertiary/aromatic N) is 1. The third-order valence-electron chi connectivity index (χ3n) is 2.82. The number of anilines is 1. The van der Waals surface area contributed by atoms with Gasteiger partial charge in [0.05, 0.1) is 6.04 Å². The van der Waals surface area contributed by atoms with E-state index in [-0.39, 0.29) is 24.4 Å². The Hall–Kier alpha value is -1.30. The third kappa shape index (κ3) is 5.77. The fraction of sp³-hybridized carbons (Fsp3) is 0.500. The molecule has 1 unspecified atom stereocenters. The molecule has 0 heterocycles. The fourth-order valence-electron chi connectivity index (χ4n) is 1.82. The summed E-state index contributed by atoms with van der Waals surface area (Å²) in [6, 6.07) is 7.18. The van der Waals surface area contributed by atoms with Crippen LogP contribution in [0.15, 0.2) is 24.3 Å². The zero-order chi connectivity index (χ0) is 14.3. The van der Waals surface area contributed by atoms with E-state index in [1.165, 1.54) is 0 Å². The molecule has 0 fully saturated rings. The molecule has 0 aliphatic heterocycles. The first-order valence-electron chi connectivity index (χ1n) is 6.48. The Labute approximate surface area is 126 Å². The molecule has 1 rings (SSSR count). The molecule has 1 amide bonds. The van der Waals surface area contributed by atoms with Gasteiger partial charge in [-0.25, -0.2) is 0 Å². The molecule has 114 valence electrons. The summed E-state index contributed by atoms with van der Waals surface area (Å²) < 4.78 is 5.38. The van der Waals surface area contributed by atoms with Crippen LogP contribution in [0.3, 0.4) is 0 Å². The number of ether oxygens (including phenoxy) is 1. The van der Waals surface area contributed by atoms with E-state index in [2.05, 4.69) is 5.32 Å². The van der Waals surface area contributed by atoms with Crippen molar-refractivity contribution in [1.82, 2.24) is 4.90 Å². The van der Waals surface area contributed by atoms with Crippen molar-refractivity contribution in [2.75, 3.05) is 32.6 Å². The van der Waals surface area contributed by atoms with Gasteiger partial charge in [0.1, 0.15) is 12.4 Å². The predicted octanol–water partition coefficient (Wildman–Crippen LogP) is 1.72. The van der Waals surface area contributed by atoms with Crippen molar-refractivity contribution in [3.63, 3.8) is 0 Å². The maximum absolute atomic E-state index is 12.0. The minimum Gasteiger partial charge on any atom is -0.492 e. The number of nitrogens with two attached hydrogens (primary N) is 1. The molecule has 0 spiro atoms. The van der Waals surface area contributed by atoms with Crippen LogP contribution in [0.25, 0.3) is 0 Å². The van der Waals surface area contributed by atoms with E-state index in [0.717, 1.165) is 17.9 Å². The van der Waals surface area contributed by atoms with Crippen LogP contribution < -0.4 is 15.8 Å². The number of nitrogens with one attached hydrogen (secondary N) is 1. The standard InChI is InChI=1S/C14H23N3O2.ClH/c1-4-13(17(2)3)14(18)16-11-5-7-12(8-6-11)19-10-9-15;/h5-8,13H,4,9-10,15H2,1-3H3,(H,16,18);1H. The van der Waals surface area contributed by atoms with Crippen LogP contribution in [0.1, 0.15) is 13.3 Å². The second kappa shape index (κ2) is 9.58. The number of rotatable bonds is 7. The monoisotopic (exact) mass is 301 g/mol. The second-order valence-electron chi connectivity index (χ2n) is 4.54. The van der Waals surface area contributed by atoms with E-state index >= 15 is 0 Å². The van der Waals surface area contributed by atoms with Gasteiger partial charge in [-0.15, -0.1) is 12.4 Å². The van der Waals surface area contributed by atoms with Gasteiger partial charge in [-0.05, 0) is 44.8 Å². The first-order valence-corrected chi connectivity index (χ1v) is 6.48. The zero-order valence-electron chi connectivity index (χ0n) is 12.3. The van der Waals surface area contributed by atoms with Crippen LogP contribution in [0, 0.1) is 0 Å². The Morgan fingerprint density at radius 3 is 2.40 bits per heavy atom. The normalized spacial score (nSPS) is 11.7. The second-order valence-corrected chi connectivity index (χ2v) is 4.54. The van der Waals surface area contributed by atoms with Crippen LogP contribution in [0.2, 0.25) is 0 Å². The Kier molecular flexibility index (Phi) is 8.96. The van der Waals surface area contributed by atoms with Gasteiger partial charge >= 0.3 is 0 Å². The lowest BCUT2D eigenvalue weighted by atomic mass is 10.2. The smallest absolute Gasteiger partial charge is 0.241 e. The molecule has 3 N–H and O–H groups in total. The minimum absolute atomic E-state index is 0. The van der Waals surface area contributed by atoms with Crippen molar-refractivity contribution >= 4 is 24.0 Å². The van der Waals surface area contributed by atoms with Crippen molar-refractivity contribution < 1.29 is 9.53 Å². The average molecular weight is 302 g/mol.